The summed E-state index contributed by atoms with van der Waals surface area (Å²) in [7, 11) is 0. The molecule has 2 aromatic carbocycles. The van der Waals surface area contributed by atoms with E-state index in [-0.39, 0.29) is 5.78 Å². The highest BCUT2D eigenvalue weighted by atomic mass is 35.5. The van der Waals surface area contributed by atoms with Crippen molar-refractivity contribution in [1.29, 1.82) is 0 Å². The maximum Gasteiger partial charge on any atom is 0.185 e. The lowest BCUT2D eigenvalue weighted by Crippen LogP contribution is -1.92. The second-order valence-corrected chi connectivity index (χ2v) is 5.68. The van der Waals surface area contributed by atoms with Crippen molar-refractivity contribution in [3.8, 4) is 11.3 Å². The van der Waals surface area contributed by atoms with Crippen LogP contribution in [0, 0.1) is 0 Å². The van der Waals surface area contributed by atoms with E-state index in [9.17, 15) is 4.79 Å². The Balaban J connectivity index is 1.83. The summed E-state index contributed by atoms with van der Waals surface area (Å²) in [5.41, 5.74) is 1.27. The Morgan fingerprint density at radius 1 is 0.870 bits per heavy atom. The molecule has 3 rings (SSSR count). The van der Waals surface area contributed by atoms with E-state index in [1.165, 1.54) is 6.08 Å². The van der Waals surface area contributed by atoms with Gasteiger partial charge in [0, 0.05) is 5.56 Å². The van der Waals surface area contributed by atoms with Gasteiger partial charge < -0.3 is 4.42 Å². The van der Waals surface area contributed by atoms with E-state index in [1.807, 2.05) is 18.2 Å². The molecule has 0 aliphatic carbocycles. The van der Waals surface area contributed by atoms with Crippen LogP contribution >= 0.6 is 23.2 Å². The molecule has 0 unspecified atom stereocenters. The predicted octanol–water partition coefficient (Wildman–Crippen LogP) is 6.15. The molecule has 0 aliphatic rings. The van der Waals surface area contributed by atoms with Crippen LogP contribution in [0.3, 0.4) is 0 Å². The number of allylic oxidation sites excluding steroid dienone is 1. The summed E-state index contributed by atoms with van der Waals surface area (Å²) in [6, 6.07) is 17.9. The van der Waals surface area contributed by atoms with E-state index >= 15 is 0 Å². The number of carbonyl (C=O) groups is 1. The van der Waals surface area contributed by atoms with Gasteiger partial charge in [-0.15, -0.1) is 0 Å². The number of halogens is 2. The van der Waals surface area contributed by atoms with Gasteiger partial charge in [-0.1, -0.05) is 59.6 Å². The molecule has 0 amide bonds. The van der Waals surface area contributed by atoms with Crippen molar-refractivity contribution >= 4 is 35.1 Å². The molecule has 0 aliphatic heterocycles. The van der Waals surface area contributed by atoms with E-state index in [0.717, 1.165) is 0 Å². The van der Waals surface area contributed by atoms with E-state index < -0.39 is 0 Å². The number of benzene rings is 2. The monoisotopic (exact) mass is 342 g/mol. The number of hydrogen-bond donors (Lipinski definition) is 0. The van der Waals surface area contributed by atoms with Crippen LogP contribution in [-0.2, 0) is 0 Å². The maximum absolute atomic E-state index is 12.0. The molecule has 0 saturated heterocycles. The predicted molar refractivity (Wildman–Crippen MR) is 94.0 cm³/mol. The van der Waals surface area contributed by atoms with Gasteiger partial charge in [0.1, 0.15) is 11.5 Å². The van der Waals surface area contributed by atoms with Gasteiger partial charge in [-0.3, -0.25) is 4.79 Å². The first-order valence-electron chi connectivity index (χ1n) is 6.97. The lowest BCUT2D eigenvalue weighted by molar-refractivity contribution is 0.104. The average Bonchev–Trinajstić information content (AvgIpc) is 3.02. The lowest BCUT2D eigenvalue weighted by atomic mass is 10.1. The molecule has 0 fully saturated rings. The average molecular weight is 343 g/mol. The van der Waals surface area contributed by atoms with Crippen LogP contribution in [0.4, 0.5) is 0 Å². The van der Waals surface area contributed by atoms with E-state index in [0.29, 0.717) is 32.7 Å². The summed E-state index contributed by atoms with van der Waals surface area (Å²) >= 11 is 12.3. The van der Waals surface area contributed by atoms with Crippen molar-refractivity contribution in [3.63, 3.8) is 0 Å². The van der Waals surface area contributed by atoms with Crippen LogP contribution in [0.2, 0.25) is 10.0 Å². The molecule has 3 aromatic rings. The van der Waals surface area contributed by atoms with E-state index in [2.05, 4.69) is 0 Å². The Kier molecular flexibility index (Phi) is 4.65. The molecule has 1 aromatic heterocycles. The summed E-state index contributed by atoms with van der Waals surface area (Å²) in [6.45, 7) is 0. The van der Waals surface area contributed by atoms with Gasteiger partial charge in [0.2, 0.25) is 0 Å². The molecule has 4 heteroatoms. The van der Waals surface area contributed by atoms with E-state index in [1.54, 1.807) is 48.5 Å². The molecule has 0 bridgehead atoms. The number of rotatable bonds is 4. The Labute approximate surface area is 144 Å². The quantitative estimate of drug-likeness (QED) is 0.420. The highest BCUT2D eigenvalue weighted by molar-refractivity contribution is 6.39. The van der Waals surface area contributed by atoms with Crippen molar-refractivity contribution < 1.29 is 9.21 Å². The fourth-order valence-electron chi connectivity index (χ4n) is 2.17. The Morgan fingerprint density at radius 3 is 2.26 bits per heavy atom. The molecule has 0 atom stereocenters. The van der Waals surface area contributed by atoms with Crippen molar-refractivity contribution in [1.82, 2.24) is 0 Å². The van der Waals surface area contributed by atoms with Gasteiger partial charge in [-0.2, -0.15) is 0 Å². The van der Waals surface area contributed by atoms with Crippen LogP contribution in [0.25, 0.3) is 17.4 Å². The second-order valence-electron chi connectivity index (χ2n) is 4.86. The summed E-state index contributed by atoms with van der Waals surface area (Å²) in [6.07, 6.45) is 3.11. The SMILES string of the molecule is O=C(C=Cc1ccc(-c2c(Cl)cccc2Cl)o1)c1ccccc1. The second kappa shape index (κ2) is 6.86. The zero-order valence-electron chi connectivity index (χ0n) is 12.0. The Hall–Kier alpha value is -2.29. The third-order valence-electron chi connectivity index (χ3n) is 3.29. The van der Waals surface area contributed by atoms with Crippen LogP contribution in [0.1, 0.15) is 16.1 Å². The number of ketones is 1. The number of carbonyl (C=O) groups excluding carboxylic acids is 1. The molecule has 0 spiro atoms. The molecular formula is C19H12Cl2O2. The first-order chi connectivity index (χ1) is 11.1. The van der Waals surface area contributed by atoms with Crippen molar-refractivity contribution in [2.45, 2.75) is 0 Å². The van der Waals surface area contributed by atoms with Gasteiger partial charge in [0.25, 0.3) is 0 Å². The molecule has 23 heavy (non-hydrogen) atoms. The molecular weight excluding hydrogens is 331 g/mol. The highest BCUT2D eigenvalue weighted by Crippen LogP contribution is 2.35. The van der Waals surface area contributed by atoms with E-state index in [4.69, 9.17) is 27.6 Å². The minimum Gasteiger partial charge on any atom is -0.457 e. The lowest BCUT2D eigenvalue weighted by Gasteiger charge is -2.02. The minimum absolute atomic E-state index is 0.0840. The first-order valence-corrected chi connectivity index (χ1v) is 7.72. The third kappa shape index (κ3) is 3.55. The van der Waals surface area contributed by atoms with Crippen LogP contribution in [-0.4, -0.2) is 5.78 Å². The third-order valence-corrected chi connectivity index (χ3v) is 3.92. The summed E-state index contributed by atoms with van der Waals surface area (Å²) < 4.78 is 5.71. The van der Waals surface area contributed by atoms with Crippen molar-refractivity contribution in [2.75, 3.05) is 0 Å². The fraction of sp³-hybridized carbons (Fsp3) is 0. The summed E-state index contributed by atoms with van der Waals surface area (Å²) in [5.74, 6) is 1.03. The normalized spacial score (nSPS) is 11.0. The van der Waals surface area contributed by atoms with Crippen molar-refractivity contribution in [3.05, 3.63) is 88.1 Å². The fourth-order valence-corrected chi connectivity index (χ4v) is 2.75. The molecule has 0 N–H and O–H groups in total. The maximum atomic E-state index is 12.0. The molecule has 0 saturated carbocycles. The summed E-state index contributed by atoms with van der Waals surface area (Å²) in [5, 5.41) is 1.03. The molecule has 2 nitrogen and oxygen atoms in total. The Morgan fingerprint density at radius 2 is 1.57 bits per heavy atom. The van der Waals surface area contributed by atoms with Gasteiger partial charge in [0.05, 0.1) is 15.6 Å². The minimum atomic E-state index is -0.0840. The largest absolute Gasteiger partial charge is 0.457 e. The number of hydrogen-bond acceptors (Lipinski definition) is 2. The molecule has 1 heterocycles. The topological polar surface area (TPSA) is 30.2 Å². The first kappa shape index (κ1) is 15.6. The van der Waals surface area contributed by atoms with Gasteiger partial charge in [-0.25, -0.2) is 0 Å². The van der Waals surface area contributed by atoms with Gasteiger partial charge in [-0.05, 0) is 36.4 Å². The molecule has 0 radical (unpaired) electrons. The van der Waals surface area contributed by atoms with Gasteiger partial charge >= 0.3 is 0 Å². The zero-order valence-corrected chi connectivity index (χ0v) is 13.5. The smallest absolute Gasteiger partial charge is 0.185 e. The van der Waals surface area contributed by atoms with Crippen LogP contribution in [0.15, 0.2) is 71.2 Å². The Bertz CT molecular complexity index is 844. The van der Waals surface area contributed by atoms with Gasteiger partial charge in [0.15, 0.2) is 5.78 Å². The van der Waals surface area contributed by atoms with Crippen LogP contribution < -0.4 is 0 Å². The highest BCUT2D eigenvalue weighted by Gasteiger charge is 2.11. The van der Waals surface area contributed by atoms with Crippen LogP contribution in [0.5, 0.6) is 0 Å². The van der Waals surface area contributed by atoms with Crippen molar-refractivity contribution in [2.24, 2.45) is 0 Å². The standard InChI is InChI=1S/C19H12Cl2O2/c20-15-7-4-8-16(21)19(15)18-12-10-14(23-18)9-11-17(22)13-5-2-1-3-6-13/h1-12H. The zero-order chi connectivity index (χ0) is 16.2. The number of furan rings is 1. The molecule has 114 valence electrons. The summed E-state index contributed by atoms with van der Waals surface area (Å²) in [4.78, 5) is 12.0.